The molecule has 0 radical (unpaired) electrons. The molecule has 2 N–H and O–H groups in total. The van der Waals surface area contributed by atoms with Crippen LogP contribution in [0.3, 0.4) is 0 Å². The van der Waals surface area contributed by atoms with E-state index in [0.29, 0.717) is 26.1 Å². The number of aliphatic hydroxyl groups is 1. The smallest absolute Gasteiger partial charge is 0.238 e. The summed E-state index contributed by atoms with van der Waals surface area (Å²) in [4.78, 5) is 11.5. The van der Waals surface area contributed by atoms with E-state index in [1.165, 1.54) is 6.92 Å². The van der Waals surface area contributed by atoms with Gasteiger partial charge in [-0.3, -0.25) is 4.79 Å². The Bertz CT molecular complexity index is 372. The van der Waals surface area contributed by atoms with Crippen molar-refractivity contribution in [3.8, 4) is 0 Å². The lowest BCUT2D eigenvalue weighted by molar-refractivity contribution is -0.123. The van der Waals surface area contributed by atoms with Crippen molar-refractivity contribution < 1.29 is 23.1 Å². The zero-order chi connectivity index (χ0) is 13.1. The van der Waals surface area contributed by atoms with E-state index >= 15 is 0 Å². The van der Waals surface area contributed by atoms with E-state index in [1.807, 2.05) is 0 Å². The molecule has 0 aromatic rings. The Morgan fingerprint density at radius 3 is 2.47 bits per heavy atom. The Morgan fingerprint density at radius 2 is 2.00 bits per heavy atom. The van der Waals surface area contributed by atoms with Crippen LogP contribution in [-0.2, 0) is 19.4 Å². The van der Waals surface area contributed by atoms with Gasteiger partial charge in [-0.2, -0.15) is 0 Å². The summed E-state index contributed by atoms with van der Waals surface area (Å²) < 4.78 is 27.4. The second kappa shape index (κ2) is 5.32. The summed E-state index contributed by atoms with van der Waals surface area (Å²) in [5, 5.41) is 11.4. The van der Waals surface area contributed by atoms with E-state index in [2.05, 4.69) is 5.32 Å². The molecule has 1 fully saturated rings. The van der Waals surface area contributed by atoms with Gasteiger partial charge in [-0.25, -0.2) is 8.42 Å². The summed E-state index contributed by atoms with van der Waals surface area (Å²) in [5.41, 5.74) is -0.981. The normalized spacial score (nSPS) is 21.8. The van der Waals surface area contributed by atoms with Crippen LogP contribution in [0.25, 0.3) is 0 Å². The fraction of sp³-hybridized carbons (Fsp3) is 0.900. The summed E-state index contributed by atoms with van der Waals surface area (Å²) in [6.07, 6.45) is 1.90. The first-order valence-electron chi connectivity index (χ1n) is 5.51. The van der Waals surface area contributed by atoms with Crippen LogP contribution < -0.4 is 5.32 Å². The van der Waals surface area contributed by atoms with Gasteiger partial charge >= 0.3 is 0 Å². The largest absolute Gasteiger partial charge is 0.388 e. The van der Waals surface area contributed by atoms with E-state index in [1.54, 1.807) is 0 Å². The third kappa shape index (κ3) is 4.25. The molecule has 0 aromatic carbocycles. The highest BCUT2D eigenvalue weighted by atomic mass is 32.2. The van der Waals surface area contributed by atoms with Gasteiger partial charge in [-0.05, 0) is 6.92 Å². The van der Waals surface area contributed by atoms with Crippen LogP contribution in [-0.4, -0.2) is 56.3 Å². The van der Waals surface area contributed by atoms with Gasteiger partial charge in [-0.15, -0.1) is 0 Å². The molecule has 0 saturated carbocycles. The Hall–Kier alpha value is -0.660. The molecule has 1 aliphatic heterocycles. The highest BCUT2D eigenvalue weighted by Gasteiger charge is 2.32. The first-order valence-corrected chi connectivity index (χ1v) is 7.47. The average molecular weight is 265 g/mol. The van der Waals surface area contributed by atoms with Crippen LogP contribution in [0, 0.1) is 0 Å². The Kier molecular flexibility index (Phi) is 4.51. The Balaban J connectivity index is 2.47. The molecule has 100 valence electrons. The molecule has 1 atom stereocenters. The number of hydrogen-bond acceptors (Lipinski definition) is 5. The molecule has 0 spiro atoms. The summed E-state index contributed by atoms with van der Waals surface area (Å²) in [6.45, 7) is 2.30. The van der Waals surface area contributed by atoms with Crippen LogP contribution in [0.5, 0.6) is 0 Å². The molecule has 1 amide bonds. The van der Waals surface area contributed by atoms with Crippen molar-refractivity contribution in [3.05, 3.63) is 0 Å². The van der Waals surface area contributed by atoms with Crippen molar-refractivity contribution in [1.82, 2.24) is 5.32 Å². The minimum Gasteiger partial charge on any atom is -0.388 e. The minimum absolute atomic E-state index is 0.0645. The lowest BCUT2D eigenvalue weighted by Crippen LogP contribution is -2.49. The topological polar surface area (TPSA) is 92.7 Å². The molecule has 0 aromatic heterocycles. The van der Waals surface area contributed by atoms with E-state index in [-0.39, 0.29) is 6.54 Å². The van der Waals surface area contributed by atoms with Gasteiger partial charge in [0.15, 0.2) is 9.84 Å². The quantitative estimate of drug-likeness (QED) is 0.685. The molecule has 17 heavy (non-hydrogen) atoms. The van der Waals surface area contributed by atoms with Crippen LogP contribution >= 0.6 is 0 Å². The van der Waals surface area contributed by atoms with Gasteiger partial charge in [-0.1, -0.05) is 0 Å². The molecule has 1 aliphatic rings. The molecule has 0 bridgehead atoms. The van der Waals surface area contributed by atoms with Gasteiger partial charge in [0, 0.05) is 38.9 Å². The second-order valence-electron chi connectivity index (χ2n) is 4.53. The lowest BCUT2D eigenvalue weighted by Gasteiger charge is -2.32. The van der Waals surface area contributed by atoms with Crippen LogP contribution in [0.1, 0.15) is 19.8 Å². The summed E-state index contributed by atoms with van der Waals surface area (Å²) in [7, 11) is -3.39. The fourth-order valence-electron chi connectivity index (χ4n) is 1.52. The molecule has 7 heteroatoms. The highest BCUT2D eigenvalue weighted by Crippen LogP contribution is 2.19. The Morgan fingerprint density at radius 1 is 1.47 bits per heavy atom. The maximum Gasteiger partial charge on any atom is 0.238 e. The predicted molar refractivity (Wildman–Crippen MR) is 62.3 cm³/mol. The van der Waals surface area contributed by atoms with Gasteiger partial charge in [0.05, 0.1) is 5.60 Å². The van der Waals surface area contributed by atoms with E-state index < -0.39 is 26.6 Å². The van der Waals surface area contributed by atoms with Crippen molar-refractivity contribution in [2.45, 2.75) is 30.6 Å². The maximum atomic E-state index is 11.5. The fourth-order valence-corrected chi connectivity index (χ4v) is 1.99. The van der Waals surface area contributed by atoms with Crippen molar-refractivity contribution >= 4 is 15.7 Å². The van der Waals surface area contributed by atoms with Gasteiger partial charge in [0.2, 0.25) is 5.91 Å². The zero-order valence-corrected chi connectivity index (χ0v) is 10.9. The van der Waals surface area contributed by atoms with Crippen molar-refractivity contribution in [2.75, 3.05) is 26.0 Å². The number of hydrogen-bond donors (Lipinski definition) is 2. The first kappa shape index (κ1) is 14.4. The molecular weight excluding hydrogens is 246 g/mol. The third-order valence-corrected chi connectivity index (χ3v) is 4.53. The molecule has 1 saturated heterocycles. The van der Waals surface area contributed by atoms with Crippen LogP contribution in [0.15, 0.2) is 0 Å². The van der Waals surface area contributed by atoms with Gasteiger partial charge < -0.3 is 15.2 Å². The van der Waals surface area contributed by atoms with Crippen molar-refractivity contribution in [2.24, 2.45) is 0 Å². The number of carbonyl (C=O) groups excluding carboxylic acids is 1. The lowest BCUT2D eigenvalue weighted by atomic mass is 9.94. The second-order valence-corrected chi connectivity index (χ2v) is 6.89. The number of amides is 1. The van der Waals surface area contributed by atoms with Gasteiger partial charge in [0.25, 0.3) is 0 Å². The number of carbonyl (C=O) groups is 1. The molecular formula is C10H19NO5S. The molecule has 1 heterocycles. The van der Waals surface area contributed by atoms with Crippen molar-refractivity contribution in [3.63, 3.8) is 0 Å². The molecule has 1 rings (SSSR count). The van der Waals surface area contributed by atoms with E-state index in [9.17, 15) is 18.3 Å². The summed E-state index contributed by atoms with van der Waals surface area (Å²) in [5.74, 6) is -0.576. The molecule has 1 unspecified atom stereocenters. The summed E-state index contributed by atoms with van der Waals surface area (Å²) >= 11 is 0. The third-order valence-electron chi connectivity index (χ3n) is 3.03. The molecule has 6 nitrogen and oxygen atoms in total. The average Bonchev–Trinajstić information content (AvgIpc) is 2.25. The SMILES string of the molecule is CC(C(=O)NCC1(O)CCOCC1)S(C)(=O)=O. The zero-order valence-electron chi connectivity index (χ0n) is 10.1. The van der Waals surface area contributed by atoms with E-state index in [4.69, 9.17) is 4.74 Å². The van der Waals surface area contributed by atoms with E-state index in [0.717, 1.165) is 6.26 Å². The molecule has 0 aliphatic carbocycles. The number of nitrogens with one attached hydrogen (secondary N) is 1. The monoisotopic (exact) mass is 265 g/mol. The predicted octanol–water partition coefficient (Wildman–Crippen LogP) is -0.923. The maximum absolute atomic E-state index is 11.5. The number of rotatable bonds is 4. The van der Waals surface area contributed by atoms with Gasteiger partial charge in [0.1, 0.15) is 5.25 Å². The minimum atomic E-state index is -3.39. The summed E-state index contributed by atoms with van der Waals surface area (Å²) in [6, 6.07) is 0. The number of sulfone groups is 1. The van der Waals surface area contributed by atoms with Crippen LogP contribution in [0.2, 0.25) is 0 Å². The van der Waals surface area contributed by atoms with Crippen molar-refractivity contribution in [1.29, 1.82) is 0 Å². The highest BCUT2D eigenvalue weighted by molar-refractivity contribution is 7.92. The standard InChI is InChI=1S/C10H19NO5S/c1-8(17(2,14)15)9(12)11-7-10(13)3-5-16-6-4-10/h8,13H,3-7H2,1-2H3,(H,11,12). The first-order chi connectivity index (χ1) is 7.75. The Labute approximate surface area is 101 Å². The number of ether oxygens (including phenoxy) is 1. The van der Waals surface area contributed by atoms with Crippen LogP contribution in [0.4, 0.5) is 0 Å².